The van der Waals surface area contributed by atoms with Crippen LogP contribution in [0.5, 0.6) is 0 Å². The summed E-state index contributed by atoms with van der Waals surface area (Å²) in [6.45, 7) is -0.00286. The summed E-state index contributed by atoms with van der Waals surface area (Å²) in [4.78, 5) is 15.7. The third-order valence-corrected chi connectivity index (χ3v) is 3.90. The van der Waals surface area contributed by atoms with Crippen LogP contribution in [0.3, 0.4) is 0 Å². The van der Waals surface area contributed by atoms with Crippen LogP contribution < -0.4 is 5.32 Å². The van der Waals surface area contributed by atoms with Crippen molar-refractivity contribution in [1.82, 2.24) is 14.8 Å². The maximum atomic E-state index is 14.1. The standard InChI is InChI=1S/C16H19FN4O2/c17-14-8-12(6-7-15(14)21-11-18-10-19-21)20-16(22)9-23-13-4-2-1-3-5-13/h6-8,10-11,13H,1-5,9H2,(H,20,22). The number of amides is 1. The average molecular weight is 318 g/mol. The van der Waals surface area contributed by atoms with E-state index in [4.69, 9.17) is 4.74 Å². The Hall–Kier alpha value is -2.28. The Balaban J connectivity index is 1.55. The van der Waals surface area contributed by atoms with Gasteiger partial charge in [-0.15, -0.1) is 0 Å². The van der Waals surface area contributed by atoms with Crippen molar-refractivity contribution in [3.05, 3.63) is 36.7 Å². The molecule has 1 fully saturated rings. The molecule has 1 aliphatic carbocycles. The van der Waals surface area contributed by atoms with Crippen LogP contribution in [0.15, 0.2) is 30.9 Å². The molecule has 3 rings (SSSR count). The van der Waals surface area contributed by atoms with Crippen LogP contribution in [0.4, 0.5) is 10.1 Å². The zero-order chi connectivity index (χ0) is 16.1. The van der Waals surface area contributed by atoms with Gasteiger partial charge < -0.3 is 10.1 Å². The van der Waals surface area contributed by atoms with Gasteiger partial charge in [0, 0.05) is 5.69 Å². The van der Waals surface area contributed by atoms with Gasteiger partial charge in [-0.1, -0.05) is 19.3 Å². The number of aromatic nitrogens is 3. The Morgan fingerprint density at radius 3 is 2.87 bits per heavy atom. The van der Waals surface area contributed by atoms with Crippen molar-refractivity contribution in [2.24, 2.45) is 0 Å². The monoisotopic (exact) mass is 318 g/mol. The summed E-state index contributed by atoms with van der Waals surface area (Å²) in [7, 11) is 0. The molecule has 1 aromatic carbocycles. The smallest absolute Gasteiger partial charge is 0.250 e. The normalized spacial score (nSPS) is 15.5. The third kappa shape index (κ3) is 4.13. The zero-order valence-corrected chi connectivity index (χ0v) is 12.7. The van der Waals surface area contributed by atoms with E-state index < -0.39 is 5.82 Å². The van der Waals surface area contributed by atoms with Gasteiger partial charge in [-0.25, -0.2) is 14.1 Å². The number of hydrogen-bond acceptors (Lipinski definition) is 4. The molecule has 7 heteroatoms. The molecule has 23 heavy (non-hydrogen) atoms. The fourth-order valence-corrected chi connectivity index (χ4v) is 2.73. The molecule has 0 atom stereocenters. The van der Waals surface area contributed by atoms with Crippen LogP contribution >= 0.6 is 0 Å². The lowest BCUT2D eigenvalue weighted by Gasteiger charge is -2.21. The number of nitrogens with zero attached hydrogens (tertiary/aromatic N) is 3. The number of hydrogen-bond donors (Lipinski definition) is 1. The molecular weight excluding hydrogens is 299 g/mol. The van der Waals surface area contributed by atoms with E-state index in [0.29, 0.717) is 5.69 Å². The number of nitrogens with one attached hydrogen (secondary N) is 1. The summed E-state index contributed by atoms with van der Waals surface area (Å²) in [6, 6.07) is 4.43. The lowest BCUT2D eigenvalue weighted by Crippen LogP contribution is -2.24. The summed E-state index contributed by atoms with van der Waals surface area (Å²) in [5.41, 5.74) is 0.669. The first-order valence-electron chi connectivity index (χ1n) is 7.78. The Morgan fingerprint density at radius 1 is 1.35 bits per heavy atom. The molecule has 1 N–H and O–H groups in total. The van der Waals surface area contributed by atoms with E-state index in [1.165, 1.54) is 29.8 Å². The van der Waals surface area contributed by atoms with E-state index in [1.54, 1.807) is 12.1 Å². The molecule has 6 nitrogen and oxygen atoms in total. The van der Waals surface area contributed by atoms with Crippen molar-refractivity contribution in [2.75, 3.05) is 11.9 Å². The average Bonchev–Trinajstić information content (AvgIpc) is 3.08. The number of rotatable bonds is 5. The number of benzene rings is 1. The highest BCUT2D eigenvalue weighted by Gasteiger charge is 2.15. The molecular formula is C16H19FN4O2. The van der Waals surface area contributed by atoms with Gasteiger partial charge in [-0.2, -0.15) is 5.10 Å². The number of anilines is 1. The van der Waals surface area contributed by atoms with Gasteiger partial charge in [0.15, 0.2) is 5.82 Å². The van der Waals surface area contributed by atoms with Crippen LogP contribution in [0.2, 0.25) is 0 Å². The highest BCUT2D eigenvalue weighted by molar-refractivity contribution is 5.91. The SMILES string of the molecule is O=C(COC1CCCCC1)Nc1ccc(-n2cncn2)c(F)c1. The largest absolute Gasteiger partial charge is 0.368 e. The summed E-state index contributed by atoms with van der Waals surface area (Å²) in [5, 5.41) is 6.52. The van der Waals surface area contributed by atoms with E-state index in [-0.39, 0.29) is 24.3 Å². The van der Waals surface area contributed by atoms with E-state index >= 15 is 0 Å². The maximum Gasteiger partial charge on any atom is 0.250 e. The second-order valence-electron chi connectivity index (χ2n) is 5.63. The molecule has 1 heterocycles. The molecule has 0 radical (unpaired) electrons. The fourth-order valence-electron chi connectivity index (χ4n) is 2.73. The molecule has 122 valence electrons. The van der Waals surface area contributed by atoms with Crippen molar-refractivity contribution < 1.29 is 13.9 Å². The molecule has 1 amide bonds. The Bertz CT molecular complexity index is 654. The van der Waals surface area contributed by atoms with Crippen LogP contribution in [0.25, 0.3) is 5.69 Å². The number of carbonyl (C=O) groups is 1. The third-order valence-electron chi connectivity index (χ3n) is 3.90. The van der Waals surface area contributed by atoms with Crippen molar-refractivity contribution in [3.63, 3.8) is 0 Å². The first kappa shape index (κ1) is 15.6. The molecule has 2 aromatic rings. The fraction of sp³-hybridized carbons (Fsp3) is 0.438. The molecule has 0 bridgehead atoms. The van der Waals surface area contributed by atoms with Gasteiger partial charge in [0.25, 0.3) is 0 Å². The molecule has 0 aliphatic heterocycles. The number of halogens is 1. The topological polar surface area (TPSA) is 69.0 Å². The minimum Gasteiger partial charge on any atom is -0.368 e. The predicted octanol–water partition coefficient (Wildman–Crippen LogP) is 2.69. The zero-order valence-electron chi connectivity index (χ0n) is 12.7. The van der Waals surface area contributed by atoms with Gasteiger partial charge in [0.2, 0.25) is 5.91 Å². The molecule has 1 aliphatic rings. The van der Waals surface area contributed by atoms with Crippen molar-refractivity contribution in [2.45, 2.75) is 38.2 Å². The Kier molecular flexibility index (Phi) is 4.97. The van der Waals surface area contributed by atoms with E-state index in [0.717, 1.165) is 25.7 Å². The van der Waals surface area contributed by atoms with Crippen molar-refractivity contribution >= 4 is 11.6 Å². The van der Waals surface area contributed by atoms with Gasteiger partial charge in [-0.3, -0.25) is 4.79 Å². The molecule has 1 aromatic heterocycles. The summed E-state index contributed by atoms with van der Waals surface area (Å²) in [6.07, 6.45) is 8.47. The van der Waals surface area contributed by atoms with Crippen LogP contribution in [0.1, 0.15) is 32.1 Å². The van der Waals surface area contributed by atoms with Gasteiger partial charge in [-0.05, 0) is 31.0 Å². The van der Waals surface area contributed by atoms with Crippen LogP contribution in [-0.4, -0.2) is 33.4 Å². The Morgan fingerprint density at radius 2 is 2.17 bits per heavy atom. The second kappa shape index (κ2) is 7.32. The van der Waals surface area contributed by atoms with E-state index in [1.807, 2.05) is 0 Å². The first-order valence-corrected chi connectivity index (χ1v) is 7.78. The van der Waals surface area contributed by atoms with E-state index in [2.05, 4.69) is 15.4 Å². The van der Waals surface area contributed by atoms with Gasteiger partial charge in [0.1, 0.15) is 24.9 Å². The van der Waals surface area contributed by atoms with E-state index in [9.17, 15) is 9.18 Å². The predicted molar refractivity (Wildman–Crippen MR) is 82.8 cm³/mol. The molecule has 0 saturated heterocycles. The molecule has 1 saturated carbocycles. The van der Waals surface area contributed by atoms with Crippen molar-refractivity contribution in [1.29, 1.82) is 0 Å². The summed E-state index contributed by atoms with van der Waals surface area (Å²) < 4.78 is 21.0. The second-order valence-corrected chi connectivity index (χ2v) is 5.63. The lowest BCUT2D eigenvalue weighted by atomic mass is 9.98. The minimum atomic E-state index is -0.485. The first-order chi connectivity index (χ1) is 11.2. The molecule has 0 spiro atoms. The number of ether oxygens (including phenoxy) is 1. The van der Waals surface area contributed by atoms with Crippen molar-refractivity contribution in [3.8, 4) is 5.69 Å². The maximum absolute atomic E-state index is 14.1. The van der Waals surface area contributed by atoms with Crippen LogP contribution in [-0.2, 0) is 9.53 Å². The summed E-state index contributed by atoms with van der Waals surface area (Å²) in [5.74, 6) is -0.759. The minimum absolute atomic E-state index is 0.00286. The van der Waals surface area contributed by atoms with Gasteiger partial charge in [0.05, 0.1) is 6.10 Å². The number of carbonyl (C=O) groups excluding carboxylic acids is 1. The Labute approximate surface area is 133 Å². The van der Waals surface area contributed by atoms with Crippen LogP contribution in [0, 0.1) is 5.82 Å². The highest BCUT2D eigenvalue weighted by atomic mass is 19.1. The molecule has 0 unspecified atom stereocenters. The highest BCUT2D eigenvalue weighted by Crippen LogP contribution is 2.20. The quantitative estimate of drug-likeness (QED) is 0.920. The van der Waals surface area contributed by atoms with Gasteiger partial charge >= 0.3 is 0 Å². The lowest BCUT2D eigenvalue weighted by molar-refractivity contribution is -0.123. The summed E-state index contributed by atoms with van der Waals surface area (Å²) >= 11 is 0.